The SMILES string of the molecule is Cc1cccc(C(=O)Nc2ccc3c(c2)C2C=CCC2C(c2c(O)ccc4ccccc24)N3)c1. The number of benzene rings is 4. The van der Waals surface area contributed by atoms with Crippen molar-refractivity contribution in [2.24, 2.45) is 5.92 Å². The van der Waals surface area contributed by atoms with Gasteiger partial charge in [0.2, 0.25) is 0 Å². The molecule has 0 saturated carbocycles. The average Bonchev–Trinajstić information content (AvgIpc) is 3.34. The summed E-state index contributed by atoms with van der Waals surface area (Å²) in [6.07, 6.45) is 5.44. The molecule has 1 heterocycles. The number of carbonyl (C=O) groups excluding carboxylic acids is 1. The predicted octanol–water partition coefficient (Wildman–Crippen LogP) is 6.93. The van der Waals surface area contributed by atoms with Gasteiger partial charge in [-0.15, -0.1) is 0 Å². The van der Waals surface area contributed by atoms with E-state index in [-0.39, 0.29) is 23.8 Å². The highest BCUT2D eigenvalue weighted by Crippen LogP contribution is 2.52. The summed E-state index contributed by atoms with van der Waals surface area (Å²) in [6, 6.07) is 25.7. The van der Waals surface area contributed by atoms with Crippen LogP contribution in [-0.4, -0.2) is 11.0 Å². The fourth-order valence-electron chi connectivity index (χ4n) is 5.56. The Morgan fingerprint density at radius 1 is 1.00 bits per heavy atom. The van der Waals surface area contributed by atoms with Crippen LogP contribution >= 0.6 is 0 Å². The summed E-state index contributed by atoms with van der Waals surface area (Å²) in [5.41, 5.74) is 5.68. The predicted molar refractivity (Wildman–Crippen MR) is 138 cm³/mol. The minimum absolute atomic E-state index is 0.00802. The minimum Gasteiger partial charge on any atom is -0.508 e. The normalized spacial score (nSPS) is 20.4. The van der Waals surface area contributed by atoms with Gasteiger partial charge in [-0.25, -0.2) is 0 Å². The van der Waals surface area contributed by atoms with Crippen LogP contribution in [0, 0.1) is 12.8 Å². The van der Waals surface area contributed by atoms with Crippen molar-refractivity contribution in [3.8, 4) is 5.75 Å². The molecular formula is C30H26N2O2. The summed E-state index contributed by atoms with van der Waals surface area (Å²) in [5, 5.41) is 19.9. The number of aryl methyl sites for hydroxylation is 1. The lowest BCUT2D eigenvalue weighted by atomic mass is 9.76. The molecule has 3 atom stereocenters. The maximum Gasteiger partial charge on any atom is 0.255 e. The van der Waals surface area contributed by atoms with E-state index in [1.165, 1.54) is 5.56 Å². The molecule has 3 unspecified atom stereocenters. The topological polar surface area (TPSA) is 61.4 Å². The molecule has 0 fully saturated rings. The van der Waals surface area contributed by atoms with E-state index in [9.17, 15) is 9.90 Å². The zero-order chi connectivity index (χ0) is 23.2. The van der Waals surface area contributed by atoms with Crippen LogP contribution in [-0.2, 0) is 0 Å². The molecule has 4 aromatic rings. The number of hydrogen-bond acceptors (Lipinski definition) is 3. The van der Waals surface area contributed by atoms with Crippen LogP contribution in [0.15, 0.2) is 91.0 Å². The molecule has 4 nitrogen and oxygen atoms in total. The Balaban J connectivity index is 1.36. The molecule has 0 aromatic heterocycles. The summed E-state index contributed by atoms with van der Waals surface area (Å²) in [5.74, 6) is 0.721. The second kappa shape index (κ2) is 8.07. The summed E-state index contributed by atoms with van der Waals surface area (Å²) < 4.78 is 0. The molecule has 0 radical (unpaired) electrons. The van der Waals surface area contributed by atoms with E-state index in [4.69, 9.17) is 0 Å². The van der Waals surface area contributed by atoms with Crippen LogP contribution in [0.1, 0.15) is 45.4 Å². The first-order valence-corrected chi connectivity index (χ1v) is 11.7. The highest BCUT2D eigenvalue weighted by atomic mass is 16.3. The Kier molecular flexibility index (Phi) is 4.88. The minimum atomic E-state index is -0.107. The zero-order valence-electron chi connectivity index (χ0n) is 19.0. The third-order valence-corrected chi connectivity index (χ3v) is 7.16. The first-order chi connectivity index (χ1) is 16.6. The lowest BCUT2D eigenvalue weighted by Gasteiger charge is -2.38. The Morgan fingerprint density at radius 3 is 2.76 bits per heavy atom. The van der Waals surface area contributed by atoms with Gasteiger partial charge in [0.15, 0.2) is 0 Å². The van der Waals surface area contributed by atoms with E-state index in [0.717, 1.165) is 39.7 Å². The molecule has 0 saturated heterocycles. The van der Waals surface area contributed by atoms with Crippen LogP contribution < -0.4 is 10.6 Å². The van der Waals surface area contributed by atoms with Gasteiger partial charge < -0.3 is 15.7 Å². The number of anilines is 2. The summed E-state index contributed by atoms with van der Waals surface area (Å²) >= 11 is 0. The van der Waals surface area contributed by atoms with E-state index >= 15 is 0 Å². The van der Waals surface area contributed by atoms with Crippen LogP contribution in [0.25, 0.3) is 10.8 Å². The molecule has 1 aliphatic carbocycles. The monoisotopic (exact) mass is 446 g/mol. The molecule has 4 heteroatoms. The van der Waals surface area contributed by atoms with Gasteiger partial charge >= 0.3 is 0 Å². The lowest BCUT2D eigenvalue weighted by Crippen LogP contribution is -2.29. The fraction of sp³-hybridized carbons (Fsp3) is 0.167. The maximum absolute atomic E-state index is 12.8. The summed E-state index contributed by atoms with van der Waals surface area (Å²) in [6.45, 7) is 1.98. The van der Waals surface area contributed by atoms with Gasteiger partial charge in [0.1, 0.15) is 5.75 Å². The molecule has 3 N–H and O–H groups in total. The maximum atomic E-state index is 12.8. The highest BCUT2D eigenvalue weighted by molar-refractivity contribution is 6.04. The number of allylic oxidation sites excluding steroid dienone is 2. The zero-order valence-corrected chi connectivity index (χ0v) is 19.0. The lowest BCUT2D eigenvalue weighted by molar-refractivity contribution is 0.102. The molecule has 6 rings (SSSR count). The number of phenolic OH excluding ortho intramolecular Hbond substituents is 1. The number of nitrogens with one attached hydrogen (secondary N) is 2. The first kappa shape index (κ1) is 20.5. The Bertz CT molecular complexity index is 1460. The van der Waals surface area contributed by atoms with Crippen LogP contribution in [0.4, 0.5) is 11.4 Å². The molecule has 168 valence electrons. The number of phenols is 1. The molecule has 1 amide bonds. The number of aromatic hydroxyl groups is 1. The summed E-state index contributed by atoms with van der Waals surface area (Å²) in [7, 11) is 0. The van der Waals surface area contributed by atoms with Crippen molar-refractivity contribution in [1.29, 1.82) is 0 Å². The third-order valence-electron chi connectivity index (χ3n) is 7.16. The average molecular weight is 447 g/mol. The molecule has 34 heavy (non-hydrogen) atoms. The first-order valence-electron chi connectivity index (χ1n) is 11.7. The number of rotatable bonds is 3. The number of amides is 1. The fourth-order valence-corrected chi connectivity index (χ4v) is 5.56. The van der Waals surface area contributed by atoms with Crippen LogP contribution in [0.3, 0.4) is 0 Å². The van der Waals surface area contributed by atoms with Gasteiger partial charge in [0.25, 0.3) is 5.91 Å². The van der Waals surface area contributed by atoms with E-state index in [2.05, 4.69) is 41.0 Å². The Morgan fingerprint density at radius 2 is 1.88 bits per heavy atom. The molecule has 4 aromatic carbocycles. The van der Waals surface area contributed by atoms with Gasteiger partial charge in [0.05, 0.1) is 6.04 Å². The van der Waals surface area contributed by atoms with Crippen molar-refractivity contribution in [1.82, 2.24) is 0 Å². The molecular weight excluding hydrogens is 420 g/mol. The summed E-state index contributed by atoms with van der Waals surface area (Å²) in [4.78, 5) is 12.8. The van der Waals surface area contributed by atoms with Crippen molar-refractivity contribution in [3.63, 3.8) is 0 Å². The van der Waals surface area contributed by atoms with E-state index in [0.29, 0.717) is 11.3 Å². The number of fused-ring (bicyclic) bond motifs is 4. The Hall–Kier alpha value is -4.05. The van der Waals surface area contributed by atoms with Crippen molar-refractivity contribution < 1.29 is 9.90 Å². The second-order valence-corrected chi connectivity index (χ2v) is 9.32. The number of hydrogen-bond donors (Lipinski definition) is 3. The van der Waals surface area contributed by atoms with Gasteiger partial charge in [0, 0.05) is 28.4 Å². The molecule has 2 aliphatic rings. The van der Waals surface area contributed by atoms with Crippen molar-refractivity contribution in [3.05, 3.63) is 113 Å². The quantitative estimate of drug-likeness (QED) is 0.299. The van der Waals surface area contributed by atoms with Crippen molar-refractivity contribution in [2.45, 2.75) is 25.3 Å². The number of carbonyl (C=O) groups is 1. The smallest absolute Gasteiger partial charge is 0.255 e. The van der Waals surface area contributed by atoms with Crippen LogP contribution in [0.5, 0.6) is 5.75 Å². The third kappa shape index (κ3) is 3.43. The van der Waals surface area contributed by atoms with Crippen molar-refractivity contribution >= 4 is 28.1 Å². The highest BCUT2D eigenvalue weighted by Gasteiger charge is 2.39. The van der Waals surface area contributed by atoms with Gasteiger partial charge in [-0.2, -0.15) is 0 Å². The molecule has 0 bridgehead atoms. The standard InChI is InChI=1S/C30H26N2O2/c1-18-6-4-8-20(16-18)30(34)31-21-13-14-26-25(17-21)23-10-5-11-24(23)29(32-26)28-22-9-3-2-7-19(22)12-15-27(28)33/h2-10,12-17,23-24,29,32-33H,11H2,1H3,(H,31,34). The van der Waals surface area contributed by atoms with E-state index in [1.807, 2.05) is 61.5 Å². The van der Waals surface area contributed by atoms with E-state index < -0.39 is 0 Å². The largest absolute Gasteiger partial charge is 0.508 e. The van der Waals surface area contributed by atoms with Gasteiger partial charge in [-0.3, -0.25) is 4.79 Å². The van der Waals surface area contributed by atoms with Gasteiger partial charge in [-0.1, -0.05) is 60.2 Å². The molecule has 0 spiro atoms. The van der Waals surface area contributed by atoms with Gasteiger partial charge in [-0.05, 0) is 72.0 Å². The molecule has 1 aliphatic heterocycles. The van der Waals surface area contributed by atoms with Crippen molar-refractivity contribution in [2.75, 3.05) is 10.6 Å². The van der Waals surface area contributed by atoms with E-state index in [1.54, 1.807) is 6.07 Å². The Labute approximate surface area is 199 Å². The van der Waals surface area contributed by atoms with Crippen LogP contribution in [0.2, 0.25) is 0 Å². The second-order valence-electron chi connectivity index (χ2n) is 9.32.